The minimum Gasteiger partial charge on any atom is -0.465 e. The molecule has 0 aromatic heterocycles. The fourth-order valence-corrected chi connectivity index (χ4v) is 2.71. The molecule has 3 atom stereocenters. The zero-order chi connectivity index (χ0) is 14.3. The van der Waals surface area contributed by atoms with Crippen LogP contribution < -0.4 is 0 Å². The first-order valence-corrected chi connectivity index (χ1v) is 7.83. The second kappa shape index (κ2) is 8.57. The first kappa shape index (κ1) is 16.5. The standard InChI is InChI=1S/C16H30O3/c1-12(2)6-4-7-13(3)16(18)19-11-14-8-5-9-15(17)10-14/h12-15,17H,4-11H2,1-3H3/t13?,14?,15-/m1/s1. The molecule has 0 spiro atoms. The largest absolute Gasteiger partial charge is 0.465 e. The summed E-state index contributed by atoms with van der Waals surface area (Å²) in [6.45, 7) is 6.86. The fraction of sp³-hybridized carbons (Fsp3) is 0.938. The molecule has 1 rings (SSSR count). The summed E-state index contributed by atoms with van der Waals surface area (Å²) in [5.74, 6) is 0.999. The summed E-state index contributed by atoms with van der Waals surface area (Å²) in [6.07, 6.45) is 6.80. The second-order valence-electron chi connectivity index (χ2n) is 6.54. The van der Waals surface area contributed by atoms with Crippen LogP contribution in [0.5, 0.6) is 0 Å². The molecule has 1 N–H and O–H groups in total. The summed E-state index contributed by atoms with van der Waals surface area (Å²) < 4.78 is 5.40. The van der Waals surface area contributed by atoms with Crippen molar-refractivity contribution in [3.8, 4) is 0 Å². The highest BCUT2D eigenvalue weighted by molar-refractivity contribution is 5.71. The second-order valence-corrected chi connectivity index (χ2v) is 6.54. The first-order chi connectivity index (χ1) is 8.99. The van der Waals surface area contributed by atoms with Crippen molar-refractivity contribution in [1.29, 1.82) is 0 Å². The normalized spacial score (nSPS) is 25.3. The number of ether oxygens (including phenoxy) is 1. The van der Waals surface area contributed by atoms with Crippen molar-refractivity contribution in [2.75, 3.05) is 6.61 Å². The lowest BCUT2D eigenvalue weighted by molar-refractivity contribution is -0.150. The van der Waals surface area contributed by atoms with Gasteiger partial charge in [0.1, 0.15) is 0 Å². The molecule has 0 bridgehead atoms. The van der Waals surface area contributed by atoms with Crippen LogP contribution in [-0.2, 0) is 9.53 Å². The Balaban J connectivity index is 2.15. The van der Waals surface area contributed by atoms with E-state index in [2.05, 4.69) is 13.8 Å². The van der Waals surface area contributed by atoms with Crippen LogP contribution in [0.4, 0.5) is 0 Å². The predicted octanol–water partition coefficient (Wildman–Crippen LogP) is 3.54. The van der Waals surface area contributed by atoms with Crippen LogP contribution in [-0.4, -0.2) is 23.8 Å². The SMILES string of the molecule is CC(C)CCCC(C)C(=O)OCC1CCC[C@@H](O)C1. The maximum atomic E-state index is 11.9. The monoisotopic (exact) mass is 270 g/mol. The van der Waals surface area contributed by atoms with Gasteiger partial charge in [0.25, 0.3) is 0 Å². The summed E-state index contributed by atoms with van der Waals surface area (Å²) in [4.78, 5) is 11.9. The molecule has 3 heteroatoms. The molecule has 1 aliphatic carbocycles. The van der Waals surface area contributed by atoms with Crippen molar-refractivity contribution in [1.82, 2.24) is 0 Å². The third-order valence-electron chi connectivity index (χ3n) is 4.04. The van der Waals surface area contributed by atoms with Crippen LogP contribution in [0, 0.1) is 17.8 Å². The summed E-state index contributed by atoms with van der Waals surface area (Å²) >= 11 is 0. The fourth-order valence-electron chi connectivity index (χ4n) is 2.71. The van der Waals surface area contributed by atoms with Crippen LogP contribution in [0.2, 0.25) is 0 Å². The highest BCUT2D eigenvalue weighted by Gasteiger charge is 2.22. The van der Waals surface area contributed by atoms with Gasteiger partial charge in [0.15, 0.2) is 0 Å². The van der Waals surface area contributed by atoms with Gasteiger partial charge in [0.2, 0.25) is 0 Å². The van der Waals surface area contributed by atoms with Gasteiger partial charge >= 0.3 is 5.97 Å². The van der Waals surface area contributed by atoms with Gasteiger partial charge in [-0.2, -0.15) is 0 Å². The van der Waals surface area contributed by atoms with Gasteiger partial charge in [0, 0.05) is 0 Å². The molecule has 0 heterocycles. The number of hydrogen-bond acceptors (Lipinski definition) is 3. The Hall–Kier alpha value is -0.570. The smallest absolute Gasteiger partial charge is 0.308 e. The summed E-state index contributed by atoms with van der Waals surface area (Å²) in [7, 11) is 0. The number of carbonyl (C=O) groups excluding carboxylic acids is 1. The third-order valence-corrected chi connectivity index (χ3v) is 4.04. The van der Waals surface area contributed by atoms with Gasteiger partial charge < -0.3 is 9.84 Å². The van der Waals surface area contributed by atoms with E-state index in [1.165, 1.54) is 6.42 Å². The number of aliphatic hydroxyl groups is 1. The van der Waals surface area contributed by atoms with Gasteiger partial charge in [-0.3, -0.25) is 4.79 Å². The molecule has 2 unspecified atom stereocenters. The molecular formula is C16H30O3. The van der Waals surface area contributed by atoms with Gasteiger partial charge in [0.05, 0.1) is 18.6 Å². The zero-order valence-electron chi connectivity index (χ0n) is 12.7. The van der Waals surface area contributed by atoms with E-state index in [4.69, 9.17) is 4.74 Å². The number of hydrogen-bond donors (Lipinski definition) is 1. The molecule has 112 valence electrons. The molecule has 0 saturated heterocycles. The molecule has 0 aromatic carbocycles. The Bertz CT molecular complexity index is 263. The van der Waals surface area contributed by atoms with E-state index >= 15 is 0 Å². The molecule has 1 aliphatic rings. The van der Waals surface area contributed by atoms with E-state index in [-0.39, 0.29) is 18.0 Å². The highest BCUT2D eigenvalue weighted by Crippen LogP contribution is 2.24. The first-order valence-electron chi connectivity index (χ1n) is 7.83. The lowest BCUT2D eigenvalue weighted by atomic mass is 9.88. The zero-order valence-corrected chi connectivity index (χ0v) is 12.7. The van der Waals surface area contributed by atoms with Gasteiger partial charge in [-0.25, -0.2) is 0 Å². The molecular weight excluding hydrogens is 240 g/mol. The van der Waals surface area contributed by atoms with E-state index < -0.39 is 0 Å². The predicted molar refractivity (Wildman–Crippen MR) is 76.8 cm³/mol. The molecule has 1 fully saturated rings. The number of rotatable bonds is 7. The van der Waals surface area contributed by atoms with Crippen LogP contribution in [0.3, 0.4) is 0 Å². The minimum absolute atomic E-state index is 0.00673. The third kappa shape index (κ3) is 6.95. The lowest BCUT2D eigenvalue weighted by Gasteiger charge is -2.25. The van der Waals surface area contributed by atoms with E-state index in [0.717, 1.165) is 38.5 Å². The van der Waals surface area contributed by atoms with Gasteiger partial charge in [-0.05, 0) is 37.5 Å². The molecule has 0 aromatic rings. The molecule has 1 saturated carbocycles. The van der Waals surface area contributed by atoms with Crippen LogP contribution >= 0.6 is 0 Å². The van der Waals surface area contributed by atoms with Crippen molar-refractivity contribution in [2.45, 2.75) is 71.8 Å². The summed E-state index contributed by atoms with van der Waals surface area (Å²) in [6, 6.07) is 0. The number of aliphatic hydroxyl groups excluding tert-OH is 1. The minimum atomic E-state index is -0.194. The molecule has 3 nitrogen and oxygen atoms in total. The topological polar surface area (TPSA) is 46.5 Å². The van der Waals surface area contributed by atoms with Gasteiger partial charge in [-0.15, -0.1) is 0 Å². The van der Waals surface area contributed by atoms with Crippen molar-refractivity contribution in [3.05, 3.63) is 0 Å². The Morgan fingerprint density at radius 3 is 2.63 bits per heavy atom. The molecule has 0 radical (unpaired) electrons. The quantitative estimate of drug-likeness (QED) is 0.720. The average molecular weight is 270 g/mol. The van der Waals surface area contributed by atoms with Crippen LogP contribution in [0.1, 0.15) is 65.7 Å². The molecule has 0 aliphatic heterocycles. The molecule has 19 heavy (non-hydrogen) atoms. The van der Waals surface area contributed by atoms with Crippen molar-refractivity contribution in [3.63, 3.8) is 0 Å². The van der Waals surface area contributed by atoms with Gasteiger partial charge in [-0.1, -0.05) is 40.0 Å². The maximum Gasteiger partial charge on any atom is 0.308 e. The van der Waals surface area contributed by atoms with E-state index in [1.54, 1.807) is 0 Å². The van der Waals surface area contributed by atoms with E-state index in [1.807, 2.05) is 6.92 Å². The Morgan fingerprint density at radius 1 is 1.26 bits per heavy atom. The van der Waals surface area contributed by atoms with E-state index in [0.29, 0.717) is 18.4 Å². The molecule has 0 amide bonds. The maximum absolute atomic E-state index is 11.9. The van der Waals surface area contributed by atoms with Crippen molar-refractivity contribution >= 4 is 5.97 Å². The Labute approximate surface area is 117 Å². The van der Waals surface area contributed by atoms with E-state index in [9.17, 15) is 9.90 Å². The van der Waals surface area contributed by atoms with Crippen LogP contribution in [0.25, 0.3) is 0 Å². The summed E-state index contributed by atoms with van der Waals surface area (Å²) in [5, 5.41) is 9.58. The summed E-state index contributed by atoms with van der Waals surface area (Å²) in [5.41, 5.74) is 0. The highest BCUT2D eigenvalue weighted by atomic mass is 16.5. The van der Waals surface area contributed by atoms with Crippen LogP contribution in [0.15, 0.2) is 0 Å². The average Bonchev–Trinajstić information content (AvgIpc) is 2.35. The van der Waals surface area contributed by atoms with Crippen molar-refractivity contribution in [2.24, 2.45) is 17.8 Å². The number of esters is 1. The number of carbonyl (C=O) groups is 1. The Morgan fingerprint density at radius 2 is 2.00 bits per heavy atom. The lowest BCUT2D eigenvalue weighted by Crippen LogP contribution is -2.25. The van der Waals surface area contributed by atoms with Crippen molar-refractivity contribution < 1.29 is 14.6 Å². The Kier molecular flexibility index (Phi) is 7.44.